The molecule has 3 nitrogen and oxygen atoms in total. The molecule has 0 bridgehead atoms. The number of anilines is 2. The van der Waals surface area contributed by atoms with Crippen LogP contribution in [0.2, 0.25) is 0 Å². The van der Waals surface area contributed by atoms with Crippen LogP contribution in [0.4, 0.5) is 24.5 Å². The van der Waals surface area contributed by atoms with E-state index in [0.29, 0.717) is 16.9 Å². The second-order valence-electron chi connectivity index (χ2n) is 6.73. The van der Waals surface area contributed by atoms with Crippen LogP contribution in [-0.2, 0) is 6.18 Å². The third kappa shape index (κ3) is 4.43. The molecular weight excluding hydrogens is 341 g/mol. The Balaban J connectivity index is 1.74. The molecule has 6 heteroatoms. The van der Waals surface area contributed by atoms with Gasteiger partial charge in [-0.3, -0.25) is 4.79 Å². The van der Waals surface area contributed by atoms with Gasteiger partial charge in [0.05, 0.1) is 5.56 Å². The van der Waals surface area contributed by atoms with E-state index in [1.807, 2.05) is 7.05 Å². The average molecular weight is 362 g/mol. The molecular formula is C20H21F3N2O. The van der Waals surface area contributed by atoms with Crippen LogP contribution in [0, 0.1) is 5.92 Å². The maximum atomic E-state index is 12.8. The van der Waals surface area contributed by atoms with Gasteiger partial charge in [0.2, 0.25) is 0 Å². The first-order chi connectivity index (χ1) is 12.3. The molecule has 1 aliphatic rings. The van der Waals surface area contributed by atoms with Gasteiger partial charge in [0.15, 0.2) is 5.78 Å². The number of benzene rings is 2. The van der Waals surface area contributed by atoms with Gasteiger partial charge in [-0.05, 0) is 63.3 Å². The van der Waals surface area contributed by atoms with E-state index in [1.165, 1.54) is 6.07 Å². The molecule has 2 aromatic rings. The first-order valence-corrected chi connectivity index (χ1v) is 8.60. The first-order valence-electron chi connectivity index (χ1n) is 8.60. The van der Waals surface area contributed by atoms with E-state index < -0.39 is 11.7 Å². The Morgan fingerprint density at radius 2 is 1.65 bits per heavy atom. The molecule has 138 valence electrons. The van der Waals surface area contributed by atoms with E-state index >= 15 is 0 Å². The fourth-order valence-corrected chi connectivity index (χ4v) is 3.20. The number of nitrogens with zero attached hydrogens (tertiary/aromatic N) is 1. The highest BCUT2D eigenvalue weighted by molar-refractivity contribution is 5.98. The minimum absolute atomic E-state index is 0.00927. The van der Waals surface area contributed by atoms with Crippen LogP contribution in [-0.4, -0.2) is 30.8 Å². The van der Waals surface area contributed by atoms with Gasteiger partial charge in [-0.15, -0.1) is 0 Å². The summed E-state index contributed by atoms with van der Waals surface area (Å²) >= 11 is 0. The quantitative estimate of drug-likeness (QED) is 0.779. The van der Waals surface area contributed by atoms with Gasteiger partial charge in [-0.1, -0.05) is 18.2 Å². The van der Waals surface area contributed by atoms with Gasteiger partial charge in [-0.2, -0.15) is 13.2 Å². The van der Waals surface area contributed by atoms with Gasteiger partial charge in [0, 0.05) is 22.9 Å². The monoisotopic (exact) mass is 362 g/mol. The highest BCUT2D eigenvalue weighted by Crippen LogP contribution is 2.31. The molecule has 2 aromatic carbocycles. The van der Waals surface area contributed by atoms with Crippen molar-refractivity contribution in [1.29, 1.82) is 0 Å². The number of likely N-dealkylation sites (tertiary alicyclic amines) is 1. The number of carbonyl (C=O) groups is 1. The zero-order valence-corrected chi connectivity index (χ0v) is 14.5. The van der Waals surface area contributed by atoms with Gasteiger partial charge >= 0.3 is 6.18 Å². The van der Waals surface area contributed by atoms with E-state index in [2.05, 4.69) is 10.2 Å². The van der Waals surface area contributed by atoms with Crippen molar-refractivity contribution in [3.8, 4) is 0 Å². The van der Waals surface area contributed by atoms with Crippen LogP contribution >= 0.6 is 0 Å². The van der Waals surface area contributed by atoms with Crippen molar-refractivity contribution in [3.05, 3.63) is 59.7 Å². The van der Waals surface area contributed by atoms with Crippen molar-refractivity contribution in [2.45, 2.75) is 19.0 Å². The lowest BCUT2D eigenvalue weighted by Gasteiger charge is -2.28. The summed E-state index contributed by atoms with van der Waals surface area (Å²) in [7, 11) is 2.04. The van der Waals surface area contributed by atoms with Crippen molar-refractivity contribution in [3.63, 3.8) is 0 Å². The smallest absolute Gasteiger partial charge is 0.355 e. The van der Waals surface area contributed by atoms with Crippen LogP contribution in [0.5, 0.6) is 0 Å². The molecule has 0 aliphatic carbocycles. The zero-order chi connectivity index (χ0) is 18.7. The Morgan fingerprint density at radius 1 is 1.04 bits per heavy atom. The summed E-state index contributed by atoms with van der Waals surface area (Å²) in [6, 6.07) is 12.0. The molecule has 0 spiro atoms. The van der Waals surface area contributed by atoms with Crippen molar-refractivity contribution in [2.24, 2.45) is 5.92 Å². The number of hydrogen-bond acceptors (Lipinski definition) is 3. The lowest BCUT2D eigenvalue weighted by molar-refractivity contribution is -0.137. The molecule has 26 heavy (non-hydrogen) atoms. The maximum absolute atomic E-state index is 12.8. The lowest BCUT2D eigenvalue weighted by Crippen LogP contribution is -2.33. The summed E-state index contributed by atoms with van der Waals surface area (Å²) in [5.74, 6) is 0.112. The molecule has 0 radical (unpaired) electrons. The summed E-state index contributed by atoms with van der Waals surface area (Å²) in [6.07, 6.45) is -2.72. The average Bonchev–Trinajstić information content (AvgIpc) is 2.61. The van der Waals surface area contributed by atoms with Gasteiger partial charge in [-0.25, -0.2) is 0 Å². The second kappa shape index (κ2) is 7.50. The molecule has 0 amide bonds. The summed E-state index contributed by atoms with van der Waals surface area (Å²) in [6.45, 7) is 1.80. The highest BCUT2D eigenvalue weighted by Gasteiger charge is 2.30. The van der Waals surface area contributed by atoms with Crippen LogP contribution in [0.25, 0.3) is 0 Å². The molecule has 0 unspecified atom stereocenters. The number of ketones is 1. The third-order valence-corrected chi connectivity index (χ3v) is 4.72. The van der Waals surface area contributed by atoms with Gasteiger partial charge < -0.3 is 10.2 Å². The number of piperidine rings is 1. The van der Waals surface area contributed by atoms with Crippen molar-refractivity contribution < 1.29 is 18.0 Å². The number of hydrogen-bond donors (Lipinski definition) is 1. The predicted octanol–water partition coefficient (Wildman–Crippen LogP) is 4.97. The summed E-state index contributed by atoms with van der Waals surface area (Å²) in [4.78, 5) is 14.9. The SMILES string of the molecule is CN1CCC(C(=O)c2cccc(Nc3cccc(C(F)(F)F)c3)c2)CC1. The third-order valence-electron chi connectivity index (χ3n) is 4.72. The minimum Gasteiger partial charge on any atom is -0.355 e. The maximum Gasteiger partial charge on any atom is 0.416 e. The predicted molar refractivity (Wildman–Crippen MR) is 95.7 cm³/mol. The Kier molecular flexibility index (Phi) is 5.32. The topological polar surface area (TPSA) is 32.3 Å². The number of Topliss-reactive ketones (excluding diaryl/α,β-unsaturated/α-hetero) is 1. The standard InChI is InChI=1S/C20H21F3N2O/c1-25-10-8-14(9-11-25)19(26)15-4-2-6-17(12-15)24-18-7-3-5-16(13-18)20(21,22)23/h2-7,12-14,24H,8-11H2,1H3. The number of alkyl halides is 3. The van der Waals surface area contributed by atoms with E-state index in [4.69, 9.17) is 0 Å². The summed E-state index contributed by atoms with van der Waals surface area (Å²) in [5, 5.41) is 2.96. The normalized spacial score (nSPS) is 16.5. The number of rotatable bonds is 4. The number of halogens is 3. The van der Waals surface area contributed by atoms with E-state index in [0.717, 1.165) is 38.1 Å². The van der Waals surface area contributed by atoms with Crippen LogP contribution in [0.1, 0.15) is 28.8 Å². The van der Waals surface area contributed by atoms with Gasteiger partial charge in [0.25, 0.3) is 0 Å². The fraction of sp³-hybridized carbons (Fsp3) is 0.350. The Hall–Kier alpha value is -2.34. The first kappa shape index (κ1) is 18.5. The molecule has 0 atom stereocenters. The molecule has 0 aromatic heterocycles. The summed E-state index contributed by atoms with van der Waals surface area (Å²) < 4.78 is 38.5. The second-order valence-corrected chi connectivity index (χ2v) is 6.73. The van der Waals surface area contributed by atoms with Crippen LogP contribution < -0.4 is 5.32 Å². The minimum atomic E-state index is -4.39. The highest BCUT2D eigenvalue weighted by atomic mass is 19.4. The van der Waals surface area contributed by atoms with E-state index in [-0.39, 0.29) is 11.7 Å². The molecule has 1 fully saturated rings. The summed E-state index contributed by atoms with van der Waals surface area (Å²) in [5.41, 5.74) is 0.824. The van der Waals surface area contributed by atoms with Gasteiger partial charge in [0.1, 0.15) is 0 Å². The van der Waals surface area contributed by atoms with Crippen molar-refractivity contribution >= 4 is 17.2 Å². The molecule has 1 heterocycles. The van der Waals surface area contributed by atoms with Crippen molar-refractivity contribution in [1.82, 2.24) is 4.90 Å². The molecule has 1 saturated heterocycles. The lowest BCUT2D eigenvalue weighted by atomic mass is 9.89. The molecule has 3 rings (SSSR count). The molecule has 0 saturated carbocycles. The van der Waals surface area contributed by atoms with E-state index in [1.54, 1.807) is 30.3 Å². The Morgan fingerprint density at radius 3 is 2.31 bits per heavy atom. The zero-order valence-electron chi connectivity index (χ0n) is 14.5. The Labute approximate surface area is 150 Å². The van der Waals surface area contributed by atoms with E-state index in [9.17, 15) is 18.0 Å². The largest absolute Gasteiger partial charge is 0.416 e. The van der Waals surface area contributed by atoms with Crippen molar-refractivity contribution in [2.75, 3.05) is 25.5 Å². The fourth-order valence-electron chi connectivity index (χ4n) is 3.20. The molecule has 1 N–H and O–H groups in total. The number of carbonyl (C=O) groups excluding carboxylic acids is 1. The van der Waals surface area contributed by atoms with Crippen LogP contribution in [0.15, 0.2) is 48.5 Å². The molecule has 1 aliphatic heterocycles. The van der Waals surface area contributed by atoms with Crippen LogP contribution in [0.3, 0.4) is 0 Å². The number of nitrogens with one attached hydrogen (secondary N) is 1. The Bertz CT molecular complexity index is 781.